The lowest BCUT2D eigenvalue weighted by Crippen LogP contribution is -2.27. The van der Waals surface area contributed by atoms with Crippen LogP contribution in [0.3, 0.4) is 0 Å². The van der Waals surface area contributed by atoms with Crippen molar-refractivity contribution in [2.45, 2.75) is 85.2 Å². The number of carbonyl (C=O) groups excluding carboxylic acids is 2. The summed E-state index contributed by atoms with van der Waals surface area (Å²) in [5.74, 6) is 0.274. The molecule has 3 aromatic rings. The number of nitrogens with one attached hydrogen (secondary N) is 1. The summed E-state index contributed by atoms with van der Waals surface area (Å²) in [6, 6.07) is 11.1. The molecule has 0 aliphatic carbocycles. The van der Waals surface area contributed by atoms with Gasteiger partial charge in [-0.3, -0.25) is 15.0 Å². The van der Waals surface area contributed by atoms with Crippen molar-refractivity contribution in [3.05, 3.63) is 82.2 Å². The Hall–Kier alpha value is -3.41. The van der Waals surface area contributed by atoms with E-state index in [0.717, 1.165) is 23.1 Å². The number of phenolic OH excluding ortho intramolecular Hbond substituents is 1. The lowest BCUT2D eigenvalue weighted by atomic mass is 9.78. The van der Waals surface area contributed by atoms with Gasteiger partial charge in [0.1, 0.15) is 5.75 Å². The van der Waals surface area contributed by atoms with Crippen LogP contribution in [0.1, 0.15) is 98.7 Å². The third-order valence-corrected chi connectivity index (χ3v) is 6.44. The van der Waals surface area contributed by atoms with Crippen molar-refractivity contribution in [1.82, 2.24) is 9.13 Å². The van der Waals surface area contributed by atoms with Crippen molar-refractivity contribution in [3.63, 3.8) is 0 Å². The fraction of sp³-hybridized carbons (Fsp3) is 0.433. The molecule has 1 heterocycles. The van der Waals surface area contributed by atoms with Gasteiger partial charge in [0.25, 0.3) is 0 Å². The summed E-state index contributed by atoms with van der Waals surface area (Å²) in [6.07, 6.45) is 4.90. The number of phenols is 1. The third kappa shape index (κ3) is 6.04. The number of aromatic hydroxyl groups is 1. The summed E-state index contributed by atoms with van der Waals surface area (Å²) < 4.78 is 3.40. The van der Waals surface area contributed by atoms with Gasteiger partial charge in [0.05, 0.1) is 13.1 Å². The van der Waals surface area contributed by atoms with E-state index in [-0.39, 0.29) is 40.3 Å². The van der Waals surface area contributed by atoms with Gasteiger partial charge in [-0.2, -0.15) is 0 Å². The minimum Gasteiger partial charge on any atom is -0.507 e. The molecule has 3 rings (SSSR count). The quantitative estimate of drug-likeness (QED) is 0.381. The number of nitrogens with zero attached hydrogens (tertiary/aromatic N) is 2. The van der Waals surface area contributed by atoms with Crippen molar-refractivity contribution in [2.24, 2.45) is 0 Å². The van der Waals surface area contributed by atoms with E-state index in [0.29, 0.717) is 24.1 Å². The maximum absolute atomic E-state index is 13.3. The lowest BCUT2D eigenvalue weighted by molar-refractivity contribution is 0.0965. The highest BCUT2D eigenvalue weighted by atomic mass is 16.3. The molecule has 0 atom stereocenters. The monoisotopic (exact) mass is 489 g/mol. The van der Waals surface area contributed by atoms with Gasteiger partial charge in [-0.1, -0.05) is 72.7 Å². The molecule has 0 bridgehead atoms. The maximum atomic E-state index is 13.3. The minimum absolute atomic E-state index is 0.0359. The summed E-state index contributed by atoms with van der Waals surface area (Å²) in [5.41, 5.74) is 3.28. The zero-order valence-electron chi connectivity index (χ0n) is 22.6. The molecule has 0 radical (unpaired) electrons. The van der Waals surface area contributed by atoms with Crippen LogP contribution in [-0.2, 0) is 23.9 Å². The molecule has 0 fully saturated rings. The molecule has 6 heteroatoms. The van der Waals surface area contributed by atoms with Crippen LogP contribution >= 0.6 is 0 Å². The Morgan fingerprint density at radius 3 is 1.86 bits per heavy atom. The topological polar surface area (TPSA) is 88.1 Å². The number of aromatic nitrogens is 2. The van der Waals surface area contributed by atoms with Gasteiger partial charge in [-0.15, -0.1) is 0 Å². The number of carbonyl (C=O) groups is 2. The molecule has 192 valence electrons. The number of Topliss-reactive ketones (excluding diaryl/α,β-unsaturated/α-hetero) is 2. The number of hydrogen-bond donors (Lipinski definition) is 2. The van der Waals surface area contributed by atoms with Gasteiger partial charge < -0.3 is 14.2 Å². The highest BCUT2D eigenvalue weighted by molar-refractivity contribution is 5.97. The summed E-state index contributed by atoms with van der Waals surface area (Å²) in [5, 5.41) is 19.5. The summed E-state index contributed by atoms with van der Waals surface area (Å²) >= 11 is 0. The number of rotatable bonds is 8. The Morgan fingerprint density at radius 2 is 1.36 bits per heavy atom. The van der Waals surface area contributed by atoms with Gasteiger partial charge in [0.15, 0.2) is 11.6 Å². The first kappa shape index (κ1) is 27.2. The van der Waals surface area contributed by atoms with E-state index >= 15 is 0 Å². The van der Waals surface area contributed by atoms with Gasteiger partial charge in [-0.25, -0.2) is 0 Å². The zero-order valence-corrected chi connectivity index (χ0v) is 22.6. The van der Waals surface area contributed by atoms with Gasteiger partial charge in [-0.05, 0) is 34.9 Å². The smallest absolute Gasteiger partial charge is 0.202 e. The normalized spacial score (nSPS) is 12.1. The van der Waals surface area contributed by atoms with E-state index in [9.17, 15) is 14.7 Å². The van der Waals surface area contributed by atoms with Crippen LogP contribution < -0.4 is 5.62 Å². The van der Waals surface area contributed by atoms with Crippen LogP contribution in [0.5, 0.6) is 5.75 Å². The molecule has 0 aliphatic rings. The molecule has 0 saturated heterocycles. The average molecular weight is 490 g/mol. The molecule has 0 amide bonds. The molecule has 1 aromatic heterocycles. The number of imidazole rings is 1. The molecule has 0 aliphatic heterocycles. The Balaban J connectivity index is 1.84. The van der Waals surface area contributed by atoms with Crippen molar-refractivity contribution in [1.29, 1.82) is 5.41 Å². The molecular weight excluding hydrogens is 450 g/mol. The molecule has 0 saturated carbocycles. The van der Waals surface area contributed by atoms with Crippen LogP contribution in [0.4, 0.5) is 0 Å². The van der Waals surface area contributed by atoms with Crippen molar-refractivity contribution < 1.29 is 14.7 Å². The van der Waals surface area contributed by atoms with E-state index in [4.69, 9.17) is 5.41 Å². The van der Waals surface area contributed by atoms with Gasteiger partial charge in [0.2, 0.25) is 5.62 Å². The SMILES string of the molecule is CCCC(=O)c1ccc(Cn2ccn(CC(=O)c3cc(C(C)(C)C)c(O)c(C(C)(C)C)c3)c2=N)cc1. The van der Waals surface area contributed by atoms with E-state index in [1.54, 1.807) is 33.7 Å². The Bertz CT molecular complexity index is 1280. The van der Waals surface area contributed by atoms with Gasteiger partial charge in [0, 0.05) is 41.1 Å². The molecule has 6 nitrogen and oxygen atoms in total. The first-order chi connectivity index (χ1) is 16.7. The Labute approximate surface area is 214 Å². The van der Waals surface area contributed by atoms with Crippen molar-refractivity contribution in [2.75, 3.05) is 0 Å². The number of hydrogen-bond acceptors (Lipinski definition) is 4. The predicted octanol–water partition coefficient (Wildman–Crippen LogP) is 5.98. The summed E-state index contributed by atoms with van der Waals surface area (Å²) in [7, 11) is 0. The first-order valence-corrected chi connectivity index (χ1v) is 12.6. The number of benzene rings is 2. The second-order valence-corrected chi connectivity index (χ2v) is 11.6. The lowest BCUT2D eigenvalue weighted by Gasteiger charge is -2.28. The van der Waals surface area contributed by atoms with Crippen molar-refractivity contribution in [3.8, 4) is 5.75 Å². The fourth-order valence-corrected chi connectivity index (χ4v) is 4.27. The van der Waals surface area contributed by atoms with Crippen LogP contribution in [0.25, 0.3) is 0 Å². The molecular formula is C30H39N3O3. The number of ketones is 2. The Morgan fingerprint density at radius 1 is 0.833 bits per heavy atom. The second kappa shape index (κ2) is 10.3. The van der Waals surface area contributed by atoms with Gasteiger partial charge >= 0.3 is 0 Å². The standard InChI is InChI=1S/C30H39N3O3/c1-8-9-25(34)21-12-10-20(11-13-21)18-32-14-15-33(28(32)31)19-26(35)22-16-23(29(2,3)4)27(36)24(17-22)30(5,6)7/h10-17,31,36H,8-9,18-19H2,1-7H3. The zero-order chi connectivity index (χ0) is 26.8. The van der Waals surface area contributed by atoms with E-state index in [1.807, 2.05) is 72.7 Å². The summed E-state index contributed by atoms with van der Waals surface area (Å²) in [6.45, 7) is 14.6. The first-order valence-electron chi connectivity index (χ1n) is 12.6. The minimum atomic E-state index is -0.325. The van der Waals surface area contributed by atoms with E-state index in [2.05, 4.69) is 0 Å². The molecule has 0 unspecified atom stereocenters. The fourth-order valence-electron chi connectivity index (χ4n) is 4.27. The molecule has 0 spiro atoms. The third-order valence-electron chi connectivity index (χ3n) is 6.44. The molecule has 36 heavy (non-hydrogen) atoms. The highest BCUT2D eigenvalue weighted by Crippen LogP contribution is 2.39. The molecule has 2 N–H and O–H groups in total. The molecule has 2 aromatic carbocycles. The predicted molar refractivity (Wildman–Crippen MR) is 143 cm³/mol. The van der Waals surface area contributed by atoms with Crippen LogP contribution in [0.2, 0.25) is 0 Å². The average Bonchev–Trinajstić information content (AvgIpc) is 3.11. The van der Waals surface area contributed by atoms with Crippen LogP contribution in [0.15, 0.2) is 48.8 Å². The van der Waals surface area contributed by atoms with Crippen LogP contribution in [0, 0.1) is 5.41 Å². The van der Waals surface area contributed by atoms with E-state index < -0.39 is 0 Å². The second-order valence-electron chi connectivity index (χ2n) is 11.6. The highest BCUT2D eigenvalue weighted by Gasteiger charge is 2.28. The summed E-state index contributed by atoms with van der Waals surface area (Å²) in [4.78, 5) is 25.4. The van der Waals surface area contributed by atoms with Crippen molar-refractivity contribution >= 4 is 11.6 Å². The Kier molecular flexibility index (Phi) is 7.77. The maximum Gasteiger partial charge on any atom is 0.202 e. The van der Waals surface area contributed by atoms with Crippen LogP contribution in [-0.4, -0.2) is 25.8 Å². The van der Waals surface area contributed by atoms with E-state index in [1.165, 1.54) is 0 Å². The largest absolute Gasteiger partial charge is 0.507 e.